The quantitative estimate of drug-likeness (QED) is 0.368. The number of carbonyl (C=O) groups excluding carboxylic acids is 3. The van der Waals surface area contributed by atoms with Gasteiger partial charge in [0, 0.05) is 12.2 Å². The molecule has 2 amide bonds. The molecule has 9 heteroatoms. The first-order chi connectivity index (χ1) is 15.9. The number of rotatable bonds is 9. The highest BCUT2D eigenvalue weighted by atomic mass is 32.2. The lowest BCUT2D eigenvalue weighted by atomic mass is 10.1. The molecule has 1 aromatic heterocycles. The van der Waals surface area contributed by atoms with E-state index in [9.17, 15) is 14.4 Å². The number of benzene rings is 2. The zero-order valence-corrected chi connectivity index (χ0v) is 19.5. The predicted octanol–water partition coefficient (Wildman–Crippen LogP) is 3.78. The summed E-state index contributed by atoms with van der Waals surface area (Å²) in [5.41, 5.74) is 1.66. The number of para-hydroxylation sites is 2. The number of aromatic nitrogens is 2. The summed E-state index contributed by atoms with van der Waals surface area (Å²) in [6, 6.07) is 16.0. The van der Waals surface area contributed by atoms with Crippen LogP contribution >= 0.6 is 11.8 Å². The maximum absolute atomic E-state index is 12.7. The molecule has 172 valence electrons. The second kappa shape index (κ2) is 11.3. The van der Waals surface area contributed by atoms with Gasteiger partial charge in [-0.3, -0.25) is 14.2 Å². The Labute approximate surface area is 196 Å². The van der Waals surface area contributed by atoms with Crippen LogP contribution in [0.15, 0.2) is 66.0 Å². The Morgan fingerprint density at radius 1 is 1.06 bits per heavy atom. The zero-order valence-electron chi connectivity index (χ0n) is 18.7. The van der Waals surface area contributed by atoms with Crippen LogP contribution in [0.4, 0.5) is 5.69 Å². The molecule has 0 radical (unpaired) electrons. The lowest BCUT2D eigenvalue weighted by molar-refractivity contribution is -0.119. The molecule has 3 rings (SSSR count). The SMILES string of the molecule is CSc1ncc(C(=O)OCC(=O)Nc2ccccc2C(=O)NCC(C)C)n1-c1ccccc1. The summed E-state index contributed by atoms with van der Waals surface area (Å²) in [5.74, 6) is -1.22. The van der Waals surface area contributed by atoms with Gasteiger partial charge in [0.25, 0.3) is 11.8 Å². The van der Waals surface area contributed by atoms with Crippen LogP contribution in [0.1, 0.15) is 34.7 Å². The van der Waals surface area contributed by atoms with Crippen molar-refractivity contribution in [2.45, 2.75) is 19.0 Å². The first kappa shape index (κ1) is 24.1. The number of nitrogens with one attached hydrogen (secondary N) is 2. The molecule has 8 nitrogen and oxygen atoms in total. The smallest absolute Gasteiger partial charge is 0.357 e. The van der Waals surface area contributed by atoms with Crippen molar-refractivity contribution < 1.29 is 19.1 Å². The van der Waals surface area contributed by atoms with E-state index in [2.05, 4.69) is 15.6 Å². The summed E-state index contributed by atoms with van der Waals surface area (Å²) in [4.78, 5) is 41.9. The third-order valence-corrected chi connectivity index (χ3v) is 5.24. The molecule has 0 aliphatic rings. The minimum atomic E-state index is -0.676. The normalized spacial score (nSPS) is 10.7. The molecule has 0 aliphatic heterocycles. The number of thioether (sulfide) groups is 1. The van der Waals surface area contributed by atoms with Crippen molar-refractivity contribution in [1.82, 2.24) is 14.9 Å². The van der Waals surface area contributed by atoms with E-state index in [0.717, 1.165) is 5.69 Å². The van der Waals surface area contributed by atoms with Crippen molar-refractivity contribution in [1.29, 1.82) is 0 Å². The number of anilines is 1. The van der Waals surface area contributed by atoms with E-state index < -0.39 is 18.5 Å². The average molecular weight is 467 g/mol. The number of carbonyl (C=O) groups is 3. The fourth-order valence-electron chi connectivity index (χ4n) is 3.02. The standard InChI is InChI=1S/C24H26N4O4S/c1-16(2)13-25-22(30)18-11-7-8-12-19(18)27-21(29)15-32-23(31)20-14-26-24(33-3)28(20)17-9-5-4-6-10-17/h4-12,14,16H,13,15H2,1-3H3,(H,25,30)(H,27,29). The lowest BCUT2D eigenvalue weighted by Gasteiger charge is -2.13. The number of nitrogens with zero attached hydrogens (tertiary/aromatic N) is 2. The Morgan fingerprint density at radius 2 is 1.76 bits per heavy atom. The molecule has 0 atom stereocenters. The van der Waals surface area contributed by atoms with Crippen LogP contribution in [0.2, 0.25) is 0 Å². The number of imidazole rings is 1. The molecule has 0 unspecified atom stereocenters. The molecule has 1 heterocycles. The largest absolute Gasteiger partial charge is 0.451 e. The number of esters is 1. The highest BCUT2D eigenvalue weighted by Gasteiger charge is 2.20. The Balaban J connectivity index is 1.67. The van der Waals surface area contributed by atoms with Crippen LogP contribution in [0.5, 0.6) is 0 Å². The number of hydrogen-bond donors (Lipinski definition) is 2. The maximum Gasteiger partial charge on any atom is 0.357 e. The van der Waals surface area contributed by atoms with E-state index in [1.807, 2.05) is 50.4 Å². The van der Waals surface area contributed by atoms with Crippen LogP contribution in [-0.2, 0) is 9.53 Å². The fourth-order valence-corrected chi connectivity index (χ4v) is 3.57. The van der Waals surface area contributed by atoms with Crippen LogP contribution in [0.25, 0.3) is 5.69 Å². The van der Waals surface area contributed by atoms with E-state index in [4.69, 9.17) is 4.74 Å². The van der Waals surface area contributed by atoms with Gasteiger partial charge in [0.15, 0.2) is 17.5 Å². The van der Waals surface area contributed by atoms with Crippen molar-refractivity contribution in [3.63, 3.8) is 0 Å². The summed E-state index contributed by atoms with van der Waals surface area (Å²) in [7, 11) is 0. The van der Waals surface area contributed by atoms with Gasteiger partial charge in [-0.2, -0.15) is 0 Å². The molecule has 0 fully saturated rings. The van der Waals surface area contributed by atoms with E-state index in [1.54, 1.807) is 28.8 Å². The average Bonchev–Trinajstić information content (AvgIpc) is 3.26. The summed E-state index contributed by atoms with van der Waals surface area (Å²) < 4.78 is 6.92. The second-order valence-electron chi connectivity index (χ2n) is 7.57. The van der Waals surface area contributed by atoms with Crippen LogP contribution in [-0.4, -0.2) is 46.7 Å². The molecule has 0 aliphatic carbocycles. The number of amides is 2. The van der Waals surface area contributed by atoms with Gasteiger partial charge in [-0.25, -0.2) is 9.78 Å². The molecule has 0 saturated heterocycles. The topological polar surface area (TPSA) is 102 Å². The summed E-state index contributed by atoms with van der Waals surface area (Å²) in [6.45, 7) is 4.00. The molecular weight excluding hydrogens is 440 g/mol. The molecule has 0 spiro atoms. The van der Waals surface area contributed by atoms with Gasteiger partial charge in [0.05, 0.1) is 17.4 Å². The predicted molar refractivity (Wildman–Crippen MR) is 128 cm³/mol. The molecule has 0 saturated carbocycles. The van der Waals surface area contributed by atoms with E-state index in [1.165, 1.54) is 18.0 Å². The van der Waals surface area contributed by atoms with E-state index >= 15 is 0 Å². The fraction of sp³-hybridized carbons (Fsp3) is 0.250. The summed E-state index contributed by atoms with van der Waals surface area (Å²) in [6.07, 6.45) is 3.28. The third-order valence-electron chi connectivity index (χ3n) is 4.59. The first-order valence-electron chi connectivity index (χ1n) is 10.4. The number of ether oxygens (including phenoxy) is 1. The van der Waals surface area contributed by atoms with Crippen LogP contribution < -0.4 is 10.6 Å². The van der Waals surface area contributed by atoms with Crippen molar-refractivity contribution >= 4 is 35.2 Å². The summed E-state index contributed by atoms with van der Waals surface area (Å²) in [5, 5.41) is 6.10. The van der Waals surface area contributed by atoms with Gasteiger partial charge >= 0.3 is 5.97 Å². The van der Waals surface area contributed by atoms with Gasteiger partial charge in [-0.1, -0.05) is 55.9 Å². The van der Waals surface area contributed by atoms with E-state index in [-0.39, 0.29) is 11.6 Å². The van der Waals surface area contributed by atoms with E-state index in [0.29, 0.717) is 28.9 Å². The molecule has 2 N–H and O–H groups in total. The zero-order chi connectivity index (χ0) is 23.8. The molecular formula is C24H26N4O4S. The number of hydrogen-bond acceptors (Lipinski definition) is 6. The van der Waals surface area contributed by atoms with Crippen molar-refractivity contribution in [3.05, 3.63) is 72.1 Å². The van der Waals surface area contributed by atoms with Crippen molar-refractivity contribution in [2.75, 3.05) is 24.7 Å². The second-order valence-corrected chi connectivity index (χ2v) is 8.35. The van der Waals surface area contributed by atoms with Gasteiger partial charge in [0.1, 0.15) is 0 Å². The van der Waals surface area contributed by atoms with Gasteiger partial charge < -0.3 is 15.4 Å². The summed E-state index contributed by atoms with van der Waals surface area (Å²) >= 11 is 1.39. The lowest BCUT2D eigenvalue weighted by Crippen LogP contribution is -2.29. The minimum Gasteiger partial charge on any atom is -0.451 e. The van der Waals surface area contributed by atoms with Crippen molar-refractivity contribution in [2.24, 2.45) is 5.92 Å². The Bertz CT molecular complexity index is 1130. The maximum atomic E-state index is 12.7. The Hall–Kier alpha value is -3.59. The third kappa shape index (κ3) is 6.23. The molecule has 33 heavy (non-hydrogen) atoms. The van der Waals surface area contributed by atoms with Gasteiger partial charge in [-0.15, -0.1) is 0 Å². The Morgan fingerprint density at radius 3 is 2.45 bits per heavy atom. The van der Waals surface area contributed by atoms with Crippen molar-refractivity contribution in [3.8, 4) is 5.69 Å². The highest BCUT2D eigenvalue weighted by Crippen LogP contribution is 2.22. The minimum absolute atomic E-state index is 0.215. The van der Waals surface area contributed by atoms with Crippen LogP contribution in [0.3, 0.4) is 0 Å². The van der Waals surface area contributed by atoms with Crippen LogP contribution in [0, 0.1) is 5.92 Å². The first-order valence-corrected chi connectivity index (χ1v) is 11.6. The van der Waals surface area contributed by atoms with Gasteiger partial charge in [0.2, 0.25) is 0 Å². The monoisotopic (exact) mass is 466 g/mol. The highest BCUT2D eigenvalue weighted by molar-refractivity contribution is 7.98. The van der Waals surface area contributed by atoms with Gasteiger partial charge in [-0.05, 0) is 36.4 Å². The molecule has 2 aromatic carbocycles. The molecule has 0 bridgehead atoms. The molecule has 3 aromatic rings. The Kier molecular flexibility index (Phi) is 8.26.